The molecule has 1 aliphatic heterocycles. The number of carbonyl (C=O) groups excluding carboxylic acids is 1. The summed E-state index contributed by atoms with van der Waals surface area (Å²) >= 11 is 0. The second-order valence-corrected chi connectivity index (χ2v) is 10.3. The van der Waals surface area contributed by atoms with Crippen LogP contribution in [0.2, 0.25) is 0 Å². The zero-order valence-corrected chi connectivity index (χ0v) is 22.3. The second kappa shape index (κ2) is 11.6. The number of rotatable bonds is 5. The number of aromatic nitrogens is 4. The molecule has 1 N–H and O–H groups in total. The van der Waals surface area contributed by atoms with Crippen molar-refractivity contribution in [2.24, 2.45) is 5.92 Å². The number of allylic oxidation sites excluding steroid dienone is 3. The van der Waals surface area contributed by atoms with Crippen LogP contribution in [-0.2, 0) is 0 Å². The molecule has 4 heterocycles. The van der Waals surface area contributed by atoms with E-state index in [1.807, 2.05) is 14.1 Å². The molecule has 0 saturated carbocycles. The van der Waals surface area contributed by atoms with Gasteiger partial charge in [-0.2, -0.15) is 18.3 Å². The van der Waals surface area contributed by atoms with Crippen LogP contribution >= 0.6 is 0 Å². The van der Waals surface area contributed by atoms with Crippen LogP contribution in [0, 0.1) is 17.8 Å². The Bertz CT molecular complexity index is 1510. The van der Waals surface area contributed by atoms with Crippen molar-refractivity contribution >= 4 is 11.6 Å². The monoisotopic (exact) mass is 549 g/mol. The third-order valence-electron chi connectivity index (χ3n) is 7.27. The Kier molecular flexibility index (Phi) is 8.00. The van der Waals surface area contributed by atoms with Crippen molar-refractivity contribution in [2.45, 2.75) is 31.5 Å². The second-order valence-electron chi connectivity index (χ2n) is 10.3. The van der Waals surface area contributed by atoms with Gasteiger partial charge in [-0.05, 0) is 69.3 Å². The van der Waals surface area contributed by atoms with Gasteiger partial charge in [-0.15, -0.1) is 0 Å². The standard InChI is InChI=1S/C29H30F3N7O/c1-37(2)25-5-4-12-38(19-25)18-21-8-9-23(14-26(21)29(30,31)32)36-28(40)22-13-20(15-33-16-22)7-10-24-17-34-27-6-3-11-35-39(24)27/h3,6,8-9,11,13,15-17,25-26H,4-5,12,14,18-19H2,1-2H3,(H,36,40)/t25-,26?/m0/s1. The summed E-state index contributed by atoms with van der Waals surface area (Å²) in [6.07, 6.45) is 6.45. The van der Waals surface area contributed by atoms with Gasteiger partial charge in [0.05, 0.1) is 17.7 Å². The van der Waals surface area contributed by atoms with Gasteiger partial charge in [-0.1, -0.05) is 12.0 Å². The highest BCUT2D eigenvalue weighted by Crippen LogP contribution is 2.39. The molecule has 40 heavy (non-hydrogen) atoms. The van der Waals surface area contributed by atoms with Gasteiger partial charge in [-0.3, -0.25) is 14.7 Å². The van der Waals surface area contributed by atoms with Gasteiger partial charge >= 0.3 is 6.18 Å². The summed E-state index contributed by atoms with van der Waals surface area (Å²) in [5, 5.41) is 6.86. The van der Waals surface area contributed by atoms with Crippen molar-refractivity contribution in [3.63, 3.8) is 0 Å². The van der Waals surface area contributed by atoms with Gasteiger partial charge in [-0.25, -0.2) is 9.50 Å². The molecule has 1 amide bonds. The van der Waals surface area contributed by atoms with Crippen molar-refractivity contribution in [3.8, 4) is 11.8 Å². The predicted molar refractivity (Wildman–Crippen MR) is 144 cm³/mol. The van der Waals surface area contributed by atoms with Crippen molar-refractivity contribution in [2.75, 3.05) is 33.7 Å². The Morgan fingerprint density at radius 1 is 1.20 bits per heavy atom. The Labute approximate surface area is 230 Å². The molecule has 0 bridgehead atoms. The van der Waals surface area contributed by atoms with E-state index < -0.39 is 18.0 Å². The van der Waals surface area contributed by atoms with E-state index in [1.54, 1.807) is 41.2 Å². The fraction of sp³-hybridized carbons (Fsp3) is 0.379. The smallest absolute Gasteiger partial charge is 0.326 e. The van der Waals surface area contributed by atoms with Gasteiger partial charge in [0.15, 0.2) is 5.65 Å². The molecule has 0 aromatic carbocycles. The number of likely N-dealkylation sites (tertiary alicyclic amines) is 1. The summed E-state index contributed by atoms with van der Waals surface area (Å²) in [7, 11) is 4.00. The number of nitrogens with zero attached hydrogens (tertiary/aromatic N) is 6. The highest BCUT2D eigenvalue weighted by Gasteiger charge is 2.43. The quantitative estimate of drug-likeness (QED) is 0.490. The summed E-state index contributed by atoms with van der Waals surface area (Å²) < 4.78 is 43.9. The molecule has 1 fully saturated rings. The van der Waals surface area contributed by atoms with Crippen LogP contribution < -0.4 is 5.32 Å². The number of hydrogen-bond acceptors (Lipinski definition) is 6. The normalized spacial score (nSPS) is 20.1. The average molecular weight is 550 g/mol. The number of piperidine rings is 1. The number of imidazole rings is 1. The fourth-order valence-corrected chi connectivity index (χ4v) is 5.08. The van der Waals surface area contributed by atoms with Crippen molar-refractivity contribution in [3.05, 3.63) is 83.2 Å². The Morgan fingerprint density at radius 2 is 2.05 bits per heavy atom. The van der Waals surface area contributed by atoms with Crippen LogP contribution in [0.1, 0.15) is 40.9 Å². The minimum Gasteiger partial charge on any atom is -0.326 e. The number of nitrogens with one attached hydrogen (secondary N) is 1. The van der Waals surface area contributed by atoms with Crippen LogP contribution in [0.15, 0.2) is 66.4 Å². The van der Waals surface area contributed by atoms with Gasteiger partial charge < -0.3 is 10.2 Å². The minimum atomic E-state index is -4.42. The van der Waals surface area contributed by atoms with E-state index in [9.17, 15) is 18.0 Å². The number of alkyl halides is 3. The van der Waals surface area contributed by atoms with Crippen molar-refractivity contribution in [1.29, 1.82) is 0 Å². The predicted octanol–water partition coefficient (Wildman–Crippen LogP) is 3.67. The Hall–Kier alpha value is -4.01. The average Bonchev–Trinajstić information content (AvgIpc) is 3.35. The molecule has 1 aliphatic carbocycles. The lowest BCUT2D eigenvalue weighted by Crippen LogP contribution is -2.46. The number of hydrogen-bond donors (Lipinski definition) is 1. The largest absolute Gasteiger partial charge is 0.395 e. The molecule has 5 rings (SSSR count). The zero-order valence-electron chi connectivity index (χ0n) is 22.3. The lowest BCUT2D eigenvalue weighted by Gasteiger charge is -2.38. The van der Waals surface area contributed by atoms with Crippen LogP contribution in [0.4, 0.5) is 13.2 Å². The van der Waals surface area contributed by atoms with Gasteiger partial charge in [0.1, 0.15) is 5.69 Å². The maximum atomic E-state index is 14.1. The zero-order chi connectivity index (χ0) is 28.3. The topological polar surface area (TPSA) is 78.7 Å². The number of halogens is 3. The molecule has 1 saturated heterocycles. The molecular weight excluding hydrogens is 519 g/mol. The Balaban J connectivity index is 1.29. The molecular formula is C29H30F3N7O. The van der Waals surface area contributed by atoms with Crippen LogP contribution in [-0.4, -0.2) is 81.2 Å². The van der Waals surface area contributed by atoms with E-state index in [0.29, 0.717) is 28.5 Å². The summed E-state index contributed by atoms with van der Waals surface area (Å²) in [4.78, 5) is 25.5. The molecule has 3 aromatic rings. The van der Waals surface area contributed by atoms with E-state index in [2.05, 4.69) is 42.0 Å². The number of pyridine rings is 1. The maximum Gasteiger partial charge on any atom is 0.395 e. The summed E-state index contributed by atoms with van der Waals surface area (Å²) in [6, 6.07) is 5.46. The Morgan fingerprint density at radius 3 is 2.85 bits per heavy atom. The van der Waals surface area contributed by atoms with Crippen LogP contribution in [0.5, 0.6) is 0 Å². The molecule has 3 aromatic heterocycles. The summed E-state index contributed by atoms with van der Waals surface area (Å²) in [6.45, 7) is 1.78. The number of fused-ring (bicyclic) bond motifs is 1. The molecule has 1 unspecified atom stereocenters. The highest BCUT2D eigenvalue weighted by molar-refractivity contribution is 5.95. The van der Waals surface area contributed by atoms with E-state index in [-0.39, 0.29) is 24.2 Å². The molecule has 2 atom stereocenters. The number of carbonyl (C=O) groups is 1. The molecule has 8 nitrogen and oxygen atoms in total. The minimum absolute atomic E-state index is 0.199. The fourth-order valence-electron chi connectivity index (χ4n) is 5.08. The first-order chi connectivity index (χ1) is 19.2. The lowest BCUT2D eigenvalue weighted by molar-refractivity contribution is -0.165. The first kappa shape index (κ1) is 27.6. The van der Waals surface area contributed by atoms with Crippen molar-refractivity contribution < 1.29 is 18.0 Å². The maximum absolute atomic E-state index is 14.1. The third kappa shape index (κ3) is 6.41. The van der Waals surface area contributed by atoms with E-state index in [1.165, 1.54) is 18.5 Å². The summed E-state index contributed by atoms with van der Waals surface area (Å²) in [5.74, 6) is 3.72. The van der Waals surface area contributed by atoms with Gasteiger partial charge in [0.25, 0.3) is 5.91 Å². The van der Waals surface area contributed by atoms with Crippen LogP contribution in [0.25, 0.3) is 5.65 Å². The third-order valence-corrected chi connectivity index (χ3v) is 7.27. The van der Waals surface area contributed by atoms with Crippen LogP contribution in [0.3, 0.4) is 0 Å². The van der Waals surface area contributed by atoms with Gasteiger partial charge in [0.2, 0.25) is 0 Å². The number of amides is 1. The van der Waals surface area contributed by atoms with E-state index in [0.717, 1.165) is 25.9 Å². The number of likely N-dealkylation sites (N-methyl/N-ethyl adjacent to an activating group) is 1. The summed E-state index contributed by atoms with van der Waals surface area (Å²) in [5.41, 5.74) is 2.44. The molecule has 208 valence electrons. The van der Waals surface area contributed by atoms with E-state index >= 15 is 0 Å². The lowest BCUT2D eigenvalue weighted by atomic mass is 9.88. The molecule has 2 aliphatic rings. The first-order valence-corrected chi connectivity index (χ1v) is 13.1. The molecule has 0 spiro atoms. The molecule has 0 radical (unpaired) electrons. The van der Waals surface area contributed by atoms with Crippen molar-refractivity contribution in [1.82, 2.24) is 34.7 Å². The highest BCUT2D eigenvalue weighted by atomic mass is 19.4. The van der Waals surface area contributed by atoms with E-state index in [4.69, 9.17) is 0 Å². The first-order valence-electron chi connectivity index (χ1n) is 13.1. The van der Waals surface area contributed by atoms with Gasteiger partial charge in [0, 0.05) is 55.4 Å². The molecule has 11 heteroatoms. The SMILES string of the molecule is CN(C)[C@H]1CCCN(CC2=CC=C(NC(=O)c3cncc(C#Cc4cnc5cccnn45)c3)CC2C(F)(F)F)C1.